The average molecular weight is 552 g/mol. The number of imidazole rings is 1. The maximum atomic E-state index is 15.6. The lowest BCUT2D eigenvalue weighted by atomic mass is 10.0. The molecule has 0 unspecified atom stereocenters. The number of anilines is 3. The summed E-state index contributed by atoms with van der Waals surface area (Å²) in [5.74, 6) is 1.49. The van der Waals surface area contributed by atoms with Gasteiger partial charge in [-0.3, -0.25) is 4.79 Å². The van der Waals surface area contributed by atoms with Crippen molar-refractivity contribution in [2.75, 3.05) is 23.3 Å². The lowest BCUT2D eigenvalue weighted by Gasteiger charge is -2.31. The van der Waals surface area contributed by atoms with Crippen LogP contribution in [0.3, 0.4) is 0 Å². The van der Waals surface area contributed by atoms with Crippen LogP contribution in [0.5, 0.6) is 11.5 Å². The van der Waals surface area contributed by atoms with Crippen LogP contribution in [0.2, 0.25) is 0 Å². The zero-order valence-corrected chi connectivity index (χ0v) is 22.2. The van der Waals surface area contributed by atoms with Gasteiger partial charge in [0.2, 0.25) is 5.91 Å². The van der Waals surface area contributed by atoms with E-state index in [-0.39, 0.29) is 23.7 Å². The van der Waals surface area contributed by atoms with Crippen LogP contribution in [0.4, 0.5) is 21.7 Å². The van der Waals surface area contributed by atoms with Gasteiger partial charge in [-0.1, -0.05) is 6.58 Å². The Kier molecular flexibility index (Phi) is 5.95. The molecule has 7 rings (SSSR count). The van der Waals surface area contributed by atoms with E-state index in [4.69, 9.17) is 9.72 Å². The Labute approximate surface area is 234 Å². The Morgan fingerprint density at radius 1 is 1.20 bits per heavy atom. The second-order valence-electron chi connectivity index (χ2n) is 10.2. The second kappa shape index (κ2) is 9.81. The van der Waals surface area contributed by atoms with Gasteiger partial charge in [0, 0.05) is 30.8 Å². The number of aromatic amines is 1. The van der Waals surface area contributed by atoms with E-state index in [1.54, 1.807) is 37.6 Å². The van der Waals surface area contributed by atoms with Crippen LogP contribution in [0.1, 0.15) is 18.4 Å². The first-order chi connectivity index (χ1) is 20.0. The van der Waals surface area contributed by atoms with Crippen molar-refractivity contribution in [1.29, 1.82) is 0 Å². The molecule has 206 valence electrons. The SMILES string of the molecule is C=CC(=O)N1CC[C@@H]2C[C@H]1CN2c1ccc2ncnc(Nc3ccc(Oc4cnc5nc[nH]c5c4)c(C)c3F)c2n1. The van der Waals surface area contributed by atoms with Gasteiger partial charge in [-0.05, 0) is 50.1 Å². The number of hydrogen-bond acceptors (Lipinski definition) is 9. The molecule has 6 heterocycles. The minimum atomic E-state index is -0.471. The van der Waals surface area contributed by atoms with Gasteiger partial charge >= 0.3 is 0 Å². The minimum Gasteiger partial charge on any atom is -0.455 e. The Balaban J connectivity index is 1.15. The van der Waals surface area contributed by atoms with Crippen molar-refractivity contribution in [3.8, 4) is 11.5 Å². The number of piperidine rings is 1. The smallest absolute Gasteiger partial charge is 0.246 e. The number of nitrogens with zero attached hydrogens (tertiary/aromatic N) is 7. The van der Waals surface area contributed by atoms with Crippen molar-refractivity contribution in [3.63, 3.8) is 0 Å². The van der Waals surface area contributed by atoms with Gasteiger partial charge in [-0.2, -0.15) is 0 Å². The summed E-state index contributed by atoms with van der Waals surface area (Å²) in [6.07, 6.45) is 7.65. The topological polar surface area (TPSA) is 125 Å². The molecule has 0 saturated carbocycles. The van der Waals surface area contributed by atoms with Gasteiger partial charge in [0.15, 0.2) is 17.3 Å². The average Bonchev–Trinajstić information content (AvgIpc) is 3.60. The molecule has 2 aliphatic rings. The number of benzene rings is 1. The Bertz CT molecular complexity index is 1820. The molecule has 2 aliphatic heterocycles. The number of ether oxygens (including phenoxy) is 1. The summed E-state index contributed by atoms with van der Waals surface area (Å²) in [5, 5.41) is 3.11. The second-order valence-corrected chi connectivity index (χ2v) is 10.2. The standard InChI is InChI=1S/C29H26FN9O2/c1-3-25(40)38-9-8-17-10-18(38)13-39(17)24-7-5-21-27(37-24)29(35-14-32-21)36-20-4-6-23(16(2)26(20)30)41-19-11-22-28(31-12-19)34-15-33-22/h3-7,11-12,14-15,17-18H,1,8-10,13H2,2H3,(H,31,33,34)(H,32,35,36)/t17-,18+/m1/s1. The molecule has 0 radical (unpaired) electrons. The monoisotopic (exact) mass is 551 g/mol. The van der Waals surface area contributed by atoms with Gasteiger partial charge in [0.25, 0.3) is 0 Å². The summed E-state index contributed by atoms with van der Waals surface area (Å²) < 4.78 is 21.5. The quantitative estimate of drug-likeness (QED) is 0.290. The molecule has 41 heavy (non-hydrogen) atoms. The third kappa shape index (κ3) is 4.37. The maximum absolute atomic E-state index is 15.6. The molecule has 11 nitrogen and oxygen atoms in total. The van der Waals surface area contributed by atoms with Crippen LogP contribution in [-0.2, 0) is 4.79 Å². The summed E-state index contributed by atoms with van der Waals surface area (Å²) >= 11 is 0. The first kappa shape index (κ1) is 24.9. The summed E-state index contributed by atoms with van der Waals surface area (Å²) in [7, 11) is 0. The Morgan fingerprint density at radius 3 is 2.98 bits per heavy atom. The molecule has 0 spiro atoms. The highest BCUT2D eigenvalue weighted by Crippen LogP contribution is 2.36. The van der Waals surface area contributed by atoms with Crippen LogP contribution in [0.15, 0.2) is 61.8 Å². The highest BCUT2D eigenvalue weighted by molar-refractivity contribution is 5.89. The highest BCUT2D eigenvalue weighted by atomic mass is 19.1. The molecule has 12 heteroatoms. The van der Waals surface area contributed by atoms with Crippen molar-refractivity contribution in [2.45, 2.75) is 31.8 Å². The molecule has 1 amide bonds. The van der Waals surface area contributed by atoms with Crippen molar-refractivity contribution in [3.05, 3.63) is 73.2 Å². The van der Waals surface area contributed by atoms with Gasteiger partial charge < -0.3 is 24.8 Å². The van der Waals surface area contributed by atoms with Gasteiger partial charge in [0.05, 0.1) is 35.3 Å². The molecule has 2 N–H and O–H groups in total. The number of halogens is 1. The van der Waals surface area contributed by atoms with E-state index < -0.39 is 5.82 Å². The number of carbonyl (C=O) groups excluding carboxylic acids is 1. The molecule has 0 aliphatic carbocycles. The van der Waals surface area contributed by atoms with Crippen molar-refractivity contribution in [1.82, 2.24) is 34.8 Å². The molecule has 2 atom stereocenters. The van der Waals surface area contributed by atoms with E-state index >= 15 is 4.39 Å². The molecule has 2 fully saturated rings. The van der Waals surface area contributed by atoms with Crippen molar-refractivity contribution in [2.24, 2.45) is 0 Å². The normalized spacial score (nSPS) is 18.2. The van der Waals surface area contributed by atoms with E-state index in [1.807, 2.05) is 17.0 Å². The first-order valence-corrected chi connectivity index (χ1v) is 13.3. The third-order valence-corrected chi connectivity index (χ3v) is 7.82. The van der Waals surface area contributed by atoms with Crippen molar-refractivity contribution >= 4 is 45.4 Å². The first-order valence-electron chi connectivity index (χ1n) is 13.3. The number of carbonyl (C=O) groups is 1. The van der Waals surface area contributed by atoms with E-state index in [0.29, 0.717) is 52.7 Å². The van der Waals surface area contributed by atoms with Crippen molar-refractivity contribution < 1.29 is 13.9 Å². The molecule has 2 bridgehead atoms. The maximum Gasteiger partial charge on any atom is 0.246 e. The molecule has 2 saturated heterocycles. The number of aromatic nitrogens is 6. The number of amides is 1. The lowest BCUT2D eigenvalue weighted by molar-refractivity contribution is -0.128. The highest BCUT2D eigenvalue weighted by Gasteiger charge is 2.41. The van der Waals surface area contributed by atoms with Gasteiger partial charge in [-0.25, -0.2) is 29.3 Å². The van der Waals surface area contributed by atoms with E-state index in [2.05, 4.69) is 41.7 Å². The number of hydrogen-bond donors (Lipinski definition) is 2. The van der Waals surface area contributed by atoms with Crippen LogP contribution >= 0.6 is 0 Å². The summed E-state index contributed by atoms with van der Waals surface area (Å²) in [4.78, 5) is 41.4. The predicted octanol–water partition coefficient (Wildman–Crippen LogP) is 4.65. The summed E-state index contributed by atoms with van der Waals surface area (Å²) in [6.45, 7) is 6.68. The zero-order chi connectivity index (χ0) is 28.1. The molecular formula is C29H26FN9O2. The van der Waals surface area contributed by atoms with Crippen LogP contribution in [0, 0.1) is 12.7 Å². The zero-order valence-electron chi connectivity index (χ0n) is 22.2. The molecule has 5 aromatic rings. The van der Waals surface area contributed by atoms with Crippen LogP contribution in [0.25, 0.3) is 22.2 Å². The summed E-state index contributed by atoms with van der Waals surface area (Å²) in [6, 6.07) is 9.30. The number of fused-ring (bicyclic) bond motifs is 4. The largest absolute Gasteiger partial charge is 0.455 e. The number of rotatable bonds is 6. The number of H-pyrrole nitrogens is 1. The van der Waals surface area contributed by atoms with E-state index in [9.17, 15) is 4.79 Å². The fourth-order valence-electron chi connectivity index (χ4n) is 5.73. The Morgan fingerprint density at radius 2 is 2.10 bits per heavy atom. The number of pyridine rings is 2. The van der Waals surface area contributed by atoms with Gasteiger partial charge in [-0.15, -0.1) is 0 Å². The predicted molar refractivity (Wildman–Crippen MR) is 152 cm³/mol. The van der Waals surface area contributed by atoms with E-state index in [1.165, 1.54) is 12.4 Å². The van der Waals surface area contributed by atoms with E-state index in [0.717, 1.165) is 24.2 Å². The lowest BCUT2D eigenvalue weighted by Crippen LogP contribution is -2.43. The van der Waals surface area contributed by atoms with Crippen LogP contribution < -0.4 is 15.0 Å². The molecule has 4 aromatic heterocycles. The minimum absolute atomic E-state index is 0.0362. The molecule has 1 aromatic carbocycles. The third-order valence-electron chi connectivity index (χ3n) is 7.82. The number of nitrogens with one attached hydrogen (secondary N) is 2. The van der Waals surface area contributed by atoms with Crippen LogP contribution in [-0.4, -0.2) is 65.9 Å². The molecular weight excluding hydrogens is 525 g/mol. The number of likely N-dealkylation sites (tertiary alicyclic amines) is 1. The summed E-state index contributed by atoms with van der Waals surface area (Å²) in [5.41, 5.74) is 3.03. The fourth-order valence-corrected chi connectivity index (χ4v) is 5.73. The van der Waals surface area contributed by atoms with Gasteiger partial charge in [0.1, 0.15) is 29.2 Å². The fraction of sp³-hybridized carbons (Fsp3) is 0.241. The Hall–Kier alpha value is -5.13.